The molecule has 1 aliphatic rings. The lowest BCUT2D eigenvalue weighted by molar-refractivity contribution is -0.139. The van der Waals surface area contributed by atoms with Crippen LogP contribution in [0, 0.1) is 0 Å². The van der Waals surface area contributed by atoms with Crippen molar-refractivity contribution in [3.63, 3.8) is 0 Å². The van der Waals surface area contributed by atoms with Crippen molar-refractivity contribution < 1.29 is 19.8 Å². The third-order valence-corrected chi connectivity index (χ3v) is 2.93. The van der Waals surface area contributed by atoms with Gasteiger partial charge < -0.3 is 15.5 Å². The van der Waals surface area contributed by atoms with Crippen LogP contribution in [-0.2, 0) is 16.0 Å². The Morgan fingerprint density at radius 1 is 1.50 bits per heavy atom. The number of aliphatic carboxylic acids is 2. The lowest BCUT2D eigenvalue weighted by atomic mass is 10.2. The summed E-state index contributed by atoms with van der Waals surface area (Å²) in [5.74, 6) is -1.75. The van der Waals surface area contributed by atoms with Gasteiger partial charge >= 0.3 is 11.9 Å². The van der Waals surface area contributed by atoms with Gasteiger partial charge in [-0.1, -0.05) is 5.21 Å². The molecule has 1 fully saturated rings. The first kappa shape index (κ1) is 12.5. The molecule has 0 unspecified atom stereocenters. The molecule has 0 spiro atoms. The lowest BCUT2D eigenvalue weighted by Gasteiger charge is -2.06. The van der Waals surface area contributed by atoms with Crippen molar-refractivity contribution in [2.75, 3.05) is 6.54 Å². The van der Waals surface area contributed by atoms with Gasteiger partial charge in [0.05, 0.1) is 18.2 Å². The Balaban J connectivity index is 1.94. The summed E-state index contributed by atoms with van der Waals surface area (Å²) >= 11 is 0. The highest BCUT2D eigenvalue weighted by atomic mass is 16.4. The quantitative estimate of drug-likeness (QED) is 0.634. The standard InChI is InChI=1S/C10H14N4O4/c15-9(16)2-1-6-5-14(13-12-6)7-3-8(10(17)18)11-4-7/h5,7-8,11H,1-4H2,(H,15,16)(H,17,18)/t7-,8-/m0/s1. The van der Waals surface area contributed by atoms with Gasteiger partial charge in [-0.25, -0.2) is 4.68 Å². The Labute approximate surface area is 103 Å². The summed E-state index contributed by atoms with van der Waals surface area (Å²) in [6.45, 7) is 0.526. The van der Waals surface area contributed by atoms with Crippen LogP contribution in [0.1, 0.15) is 24.6 Å². The van der Waals surface area contributed by atoms with Crippen LogP contribution in [0.25, 0.3) is 0 Å². The number of nitrogens with one attached hydrogen (secondary N) is 1. The Morgan fingerprint density at radius 3 is 2.89 bits per heavy atom. The molecule has 0 radical (unpaired) electrons. The zero-order valence-corrected chi connectivity index (χ0v) is 9.61. The van der Waals surface area contributed by atoms with Crippen LogP contribution in [0.3, 0.4) is 0 Å². The van der Waals surface area contributed by atoms with E-state index in [-0.39, 0.29) is 12.5 Å². The fourth-order valence-electron chi connectivity index (χ4n) is 1.95. The maximum atomic E-state index is 10.8. The van der Waals surface area contributed by atoms with Crippen molar-refractivity contribution in [1.82, 2.24) is 20.3 Å². The number of aryl methyl sites for hydroxylation is 1. The molecule has 2 rings (SSSR count). The summed E-state index contributed by atoms with van der Waals surface area (Å²) in [4.78, 5) is 21.2. The highest BCUT2D eigenvalue weighted by Crippen LogP contribution is 2.19. The first-order valence-electron chi connectivity index (χ1n) is 5.65. The highest BCUT2D eigenvalue weighted by Gasteiger charge is 2.30. The Hall–Kier alpha value is -1.96. The normalized spacial score (nSPS) is 23.1. The fourth-order valence-corrected chi connectivity index (χ4v) is 1.95. The van der Waals surface area contributed by atoms with Crippen molar-refractivity contribution >= 4 is 11.9 Å². The summed E-state index contributed by atoms with van der Waals surface area (Å²) in [5.41, 5.74) is 0.608. The molecular weight excluding hydrogens is 240 g/mol. The van der Waals surface area contributed by atoms with E-state index >= 15 is 0 Å². The smallest absolute Gasteiger partial charge is 0.320 e. The van der Waals surface area contributed by atoms with Crippen LogP contribution in [0.15, 0.2) is 6.20 Å². The van der Waals surface area contributed by atoms with Gasteiger partial charge in [0, 0.05) is 19.2 Å². The van der Waals surface area contributed by atoms with E-state index in [2.05, 4.69) is 15.6 Å². The van der Waals surface area contributed by atoms with Crippen molar-refractivity contribution in [1.29, 1.82) is 0 Å². The van der Waals surface area contributed by atoms with E-state index in [0.717, 1.165) is 0 Å². The highest BCUT2D eigenvalue weighted by molar-refractivity contribution is 5.73. The van der Waals surface area contributed by atoms with E-state index < -0.39 is 18.0 Å². The summed E-state index contributed by atoms with van der Waals surface area (Å²) in [6, 6.07) is -0.598. The molecule has 1 aromatic heterocycles. The molecule has 0 bridgehead atoms. The summed E-state index contributed by atoms with van der Waals surface area (Å²) in [7, 11) is 0. The van der Waals surface area contributed by atoms with Crippen LogP contribution in [-0.4, -0.2) is 49.7 Å². The van der Waals surface area contributed by atoms with Crippen molar-refractivity contribution in [3.05, 3.63) is 11.9 Å². The van der Waals surface area contributed by atoms with E-state index in [1.165, 1.54) is 0 Å². The van der Waals surface area contributed by atoms with E-state index in [1.54, 1.807) is 10.9 Å². The SMILES string of the molecule is O=C(O)CCc1cn([C@@H]2CN[C@H](C(=O)O)C2)nn1. The lowest BCUT2D eigenvalue weighted by Crippen LogP contribution is -2.29. The third kappa shape index (κ3) is 2.83. The average Bonchev–Trinajstić information content (AvgIpc) is 2.95. The number of hydrogen-bond acceptors (Lipinski definition) is 5. The van der Waals surface area contributed by atoms with Crippen LogP contribution in [0.5, 0.6) is 0 Å². The molecule has 0 amide bonds. The maximum absolute atomic E-state index is 10.8. The van der Waals surface area contributed by atoms with E-state index in [9.17, 15) is 9.59 Å². The van der Waals surface area contributed by atoms with E-state index in [1.807, 2.05) is 0 Å². The van der Waals surface area contributed by atoms with Crippen LogP contribution in [0.4, 0.5) is 0 Å². The Morgan fingerprint density at radius 2 is 2.28 bits per heavy atom. The molecular formula is C10H14N4O4. The monoisotopic (exact) mass is 254 g/mol. The minimum Gasteiger partial charge on any atom is -0.481 e. The molecule has 0 saturated carbocycles. The summed E-state index contributed by atoms with van der Waals surface area (Å²) in [6.07, 6.45) is 2.48. The van der Waals surface area contributed by atoms with Crippen LogP contribution in [0.2, 0.25) is 0 Å². The van der Waals surface area contributed by atoms with Gasteiger partial charge in [-0.05, 0) is 6.42 Å². The molecule has 8 heteroatoms. The van der Waals surface area contributed by atoms with Crippen molar-refractivity contribution in [2.45, 2.75) is 31.3 Å². The largest absolute Gasteiger partial charge is 0.481 e. The van der Waals surface area contributed by atoms with Gasteiger partial charge in [0.25, 0.3) is 0 Å². The molecule has 2 atom stereocenters. The van der Waals surface area contributed by atoms with Crippen LogP contribution >= 0.6 is 0 Å². The fraction of sp³-hybridized carbons (Fsp3) is 0.600. The zero-order chi connectivity index (χ0) is 13.1. The zero-order valence-electron chi connectivity index (χ0n) is 9.61. The van der Waals surface area contributed by atoms with E-state index in [0.29, 0.717) is 25.1 Å². The Bertz CT molecular complexity index is 458. The molecule has 0 aromatic carbocycles. The minimum absolute atomic E-state index is 0.0133. The molecule has 18 heavy (non-hydrogen) atoms. The minimum atomic E-state index is -0.877. The second-order valence-electron chi connectivity index (χ2n) is 4.27. The predicted octanol–water partition coefficient (Wildman–Crippen LogP) is -0.717. The van der Waals surface area contributed by atoms with Gasteiger partial charge in [0.2, 0.25) is 0 Å². The second-order valence-corrected chi connectivity index (χ2v) is 4.27. The summed E-state index contributed by atoms with van der Waals surface area (Å²) in [5, 5.41) is 28.1. The second kappa shape index (κ2) is 5.13. The molecule has 0 aliphatic carbocycles. The predicted molar refractivity (Wildman–Crippen MR) is 59.1 cm³/mol. The molecule has 3 N–H and O–H groups in total. The van der Waals surface area contributed by atoms with Crippen molar-refractivity contribution in [2.24, 2.45) is 0 Å². The van der Waals surface area contributed by atoms with E-state index in [4.69, 9.17) is 10.2 Å². The van der Waals surface area contributed by atoms with Gasteiger partial charge in [-0.15, -0.1) is 5.10 Å². The molecule has 8 nitrogen and oxygen atoms in total. The number of carbonyl (C=O) groups is 2. The molecule has 98 valence electrons. The first-order valence-corrected chi connectivity index (χ1v) is 5.65. The molecule has 1 aliphatic heterocycles. The van der Waals surface area contributed by atoms with Crippen LogP contribution < -0.4 is 5.32 Å². The topological polar surface area (TPSA) is 117 Å². The Kier molecular flexibility index (Phi) is 3.56. The number of nitrogens with zero attached hydrogens (tertiary/aromatic N) is 3. The number of carboxylic acid groups (broad SMARTS) is 2. The van der Waals surface area contributed by atoms with Gasteiger partial charge in [-0.3, -0.25) is 9.59 Å². The van der Waals surface area contributed by atoms with Gasteiger partial charge in [-0.2, -0.15) is 0 Å². The molecule has 1 aromatic rings. The maximum Gasteiger partial charge on any atom is 0.320 e. The number of rotatable bonds is 5. The first-order chi connectivity index (χ1) is 8.56. The number of carboxylic acids is 2. The third-order valence-electron chi connectivity index (χ3n) is 2.93. The van der Waals surface area contributed by atoms with Crippen molar-refractivity contribution in [3.8, 4) is 0 Å². The molecule has 1 saturated heterocycles. The van der Waals surface area contributed by atoms with Gasteiger partial charge in [0.1, 0.15) is 6.04 Å². The summed E-state index contributed by atoms with van der Waals surface area (Å²) < 4.78 is 1.60. The average molecular weight is 254 g/mol. The number of aromatic nitrogens is 3. The molecule has 2 heterocycles. The van der Waals surface area contributed by atoms with Gasteiger partial charge in [0.15, 0.2) is 0 Å². The number of hydrogen-bond donors (Lipinski definition) is 3.